The number of nitrogens with zero attached hydrogens (tertiary/aromatic N) is 2. The van der Waals surface area contributed by atoms with Crippen molar-refractivity contribution in [2.45, 2.75) is 18.2 Å². The standard InChI is InChI=1S/C12H13FN2O6S/c1-12(11(16)17)5-6-14(7-12)22(20,21)9-4-2-3-8(13)10(9)15(18)19/h2-4H,5-7H2,1H3,(H,16,17). The molecule has 0 saturated carbocycles. The van der Waals surface area contributed by atoms with Gasteiger partial charge in [0.2, 0.25) is 15.8 Å². The normalized spacial score (nSPS) is 22.6. The molecule has 1 saturated heterocycles. The van der Waals surface area contributed by atoms with Gasteiger partial charge in [0.25, 0.3) is 0 Å². The van der Waals surface area contributed by atoms with Crippen molar-refractivity contribution in [1.29, 1.82) is 0 Å². The highest BCUT2D eigenvalue weighted by Gasteiger charge is 2.46. The number of sulfonamides is 1. The number of hydrogen-bond donors (Lipinski definition) is 1. The topological polar surface area (TPSA) is 118 Å². The molecular formula is C12H13FN2O6S. The van der Waals surface area contributed by atoms with Crippen LogP contribution in [0.1, 0.15) is 13.3 Å². The van der Waals surface area contributed by atoms with Crippen LogP contribution in [0.4, 0.5) is 10.1 Å². The number of nitro groups is 1. The van der Waals surface area contributed by atoms with E-state index in [1.807, 2.05) is 0 Å². The van der Waals surface area contributed by atoms with E-state index in [0.717, 1.165) is 22.5 Å². The number of carbonyl (C=O) groups is 1. The van der Waals surface area contributed by atoms with Crippen LogP contribution in [0.5, 0.6) is 0 Å². The minimum atomic E-state index is -4.35. The Labute approximate surface area is 125 Å². The zero-order valence-electron chi connectivity index (χ0n) is 11.5. The number of rotatable bonds is 4. The van der Waals surface area contributed by atoms with E-state index < -0.39 is 42.7 Å². The molecule has 1 aliphatic heterocycles. The Morgan fingerprint density at radius 2 is 2.14 bits per heavy atom. The molecule has 120 valence electrons. The maximum absolute atomic E-state index is 13.6. The third-order valence-corrected chi connectivity index (χ3v) is 5.58. The van der Waals surface area contributed by atoms with Gasteiger partial charge in [-0.1, -0.05) is 6.07 Å². The Morgan fingerprint density at radius 3 is 2.64 bits per heavy atom. The molecule has 0 bridgehead atoms. The molecule has 1 N–H and O–H groups in total. The highest BCUT2D eigenvalue weighted by molar-refractivity contribution is 7.89. The van der Waals surface area contributed by atoms with Gasteiger partial charge in [0.1, 0.15) is 0 Å². The van der Waals surface area contributed by atoms with Crippen LogP contribution >= 0.6 is 0 Å². The largest absolute Gasteiger partial charge is 0.481 e. The average molecular weight is 332 g/mol. The lowest BCUT2D eigenvalue weighted by Gasteiger charge is -2.20. The number of halogens is 1. The van der Waals surface area contributed by atoms with Crippen molar-refractivity contribution < 1.29 is 27.6 Å². The van der Waals surface area contributed by atoms with Gasteiger partial charge in [0, 0.05) is 13.1 Å². The fourth-order valence-electron chi connectivity index (χ4n) is 2.32. The molecular weight excluding hydrogens is 319 g/mol. The van der Waals surface area contributed by atoms with Crippen molar-refractivity contribution in [3.63, 3.8) is 0 Å². The van der Waals surface area contributed by atoms with Crippen molar-refractivity contribution in [2.75, 3.05) is 13.1 Å². The van der Waals surface area contributed by atoms with Crippen molar-refractivity contribution >= 4 is 21.7 Å². The first-order chi connectivity index (χ1) is 10.1. The van der Waals surface area contributed by atoms with Crippen LogP contribution in [0.25, 0.3) is 0 Å². The molecule has 8 nitrogen and oxygen atoms in total. The smallest absolute Gasteiger partial charge is 0.324 e. The number of hydrogen-bond acceptors (Lipinski definition) is 5. The molecule has 0 aliphatic carbocycles. The summed E-state index contributed by atoms with van der Waals surface area (Å²) in [5, 5.41) is 20.1. The van der Waals surface area contributed by atoms with Crippen molar-refractivity contribution in [3.8, 4) is 0 Å². The second-order valence-electron chi connectivity index (χ2n) is 5.30. The first-order valence-corrected chi connectivity index (χ1v) is 7.70. The molecule has 0 spiro atoms. The highest BCUT2D eigenvalue weighted by atomic mass is 32.2. The van der Waals surface area contributed by atoms with Gasteiger partial charge in [0.15, 0.2) is 4.90 Å². The summed E-state index contributed by atoms with van der Waals surface area (Å²) in [7, 11) is -4.35. The van der Waals surface area contributed by atoms with Gasteiger partial charge >= 0.3 is 11.7 Å². The minimum absolute atomic E-state index is 0.0741. The maximum Gasteiger partial charge on any atom is 0.324 e. The molecule has 1 fully saturated rings. The second kappa shape index (κ2) is 5.29. The summed E-state index contributed by atoms with van der Waals surface area (Å²) in [6.45, 7) is 0.974. The van der Waals surface area contributed by atoms with Crippen LogP contribution < -0.4 is 0 Å². The fraction of sp³-hybridized carbons (Fsp3) is 0.417. The van der Waals surface area contributed by atoms with E-state index >= 15 is 0 Å². The van der Waals surface area contributed by atoms with Crippen LogP contribution in [0.15, 0.2) is 23.1 Å². The monoisotopic (exact) mass is 332 g/mol. The van der Waals surface area contributed by atoms with Crippen LogP contribution in [-0.2, 0) is 14.8 Å². The third kappa shape index (κ3) is 2.55. The summed E-state index contributed by atoms with van der Waals surface area (Å²) in [6, 6.07) is 2.79. The molecule has 0 aromatic heterocycles. The van der Waals surface area contributed by atoms with E-state index in [9.17, 15) is 27.7 Å². The van der Waals surface area contributed by atoms with E-state index in [1.165, 1.54) is 6.92 Å². The third-order valence-electron chi connectivity index (χ3n) is 3.70. The summed E-state index contributed by atoms with van der Waals surface area (Å²) in [5.74, 6) is -2.41. The van der Waals surface area contributed by atoms with Crippen LogP contribution in [0, 0.1) is 21.3 Å². The SMILES string of the molecule is CC1(C(=O)O)CCN(S(=O)(=O)c2cccc(F)c2[N+](=O)[O-])C1. The quantitative estimate of drug-likeness (QED) is 0.654. The predicted molar refractivity (Wildman–Crippen MR) is 72.2 cm³/mol. The van der Waals surface area contributed by atoms with Gasteiger partial charge in [-0.2, -0.15) is 8.70 Å². The highest BCUT2D eigenvalue weighted by Crippen LogP contribution is 2.36. The molecule has 1 aliphatic rings. The summed E-state index contributed by atoms with van der Waals surface area (Å²) >= 11 is 0. The van der Waals surface area contributed by atoms with E-state index in [4.69, 9.17) is 5.11 Å². The van der Waals surface area contributed by atoms with Crippen molar-refractivity contribution in [1.82, 2.24) is 4.31 Å². The Morgan fingerprint density at radius 1 is 1.50 bits per heavy atom. The number of carboxylic acid groups (broad SMARTS) is 1. The Balaban J connectivity index is 2.48. The zero-order chi connectivity index (χ0) is 16.7. The summed E-state index contributed by atoms with van der Waals surface area (Å²) < 4.78 is 39.4. The first kappa shape index (κ1) is 16.3. The molecule has 2 rings (SSSR count). The molecule has 0 amide bonds. The molecule has 1 heterocycles. The van der Waals surface area contributed by atoms with Gasteiger partial charge in [-0.3, -0.25) is 14.9 Å². The lowest BCUT2D eigenvalue weighted by Crippen LogP contribution is -2.35. The average Bonchev–Trinajstić information content (AvgIpc) is 2.83. The summed E-state index contributed by atoms with van der Waals surface area (Å²) in [6.07, 6.45) is 0.0741. The van der Waals surface area contributed by atoms with E-state index in [-0.39, 0.29) is 19.5 Å². The molecule has 22 heavy (non-hydrogen) atoms. The maximum atomic E-state index is 13.6. The second-order valence-corrected chi connectivity index (χ2v) is 7.20. The Kier molecular flexibility index (Phi) is 3.92. The molecule has 0 radical (unpaired) electrons. The van der Waals surface area contributed by atoms with Crippen LogP contribution in [0.3, 0.4) is 0 Å². The van der Waals surface area contributed by atoms with Crippen molar-refractivity contribution in [3.05, 3.63) is 34.1 Å². The Hall–Kier alpha value is -2.07. The van der Waals surface area contributed by atoms with Gasteiger partial charge in [0.05, 0.1) is 10.3 Å². The molecule has 1 atom stereocenters. The van der Waals surface area contributed by atoms with E-state index in [1.54, 1.807) is 0 Å². The first-order valence-electron chi connectivity index (χ1n) is 6.26. The lowest BCUT2D eigenvalue weighted by molar-refractivity contribution is -0.390. The minimum Gasteiger partial charge on any atom is -0.481 e. The predicted octanol–water partition coefficient (Wildman–Crippen LogP) is 1.22. The number of carboxylic acids is 1. The molecule has 10 heteroatoms. The van der Waals surface area contributed by atoms with Crippen LogP contribution in [-0.4, -0.2) is 41.8 Å². The number of benzene rings is 1. The Bertz CT molecular complexity index is 750. The summed E-state index contributed by atoms with van der Waals surface area (Å²) in [4.78, 5) is 20.2. The zero-order valence-corrected chi connectivity index (χ0v) is 12.3. The van der Waals surface area contributed by atoms with Gasteiger partial charge in [-0.25, -0.2) is 8.42 Å². The van der Waals surface area contributed by atoms with Crippen molar-refractivity contribution in [2.24, 2.45) is 5.41 Å². The lowest BCUT2D eigenvalue weighted by atomic mass is 9.90. The van der Waals surface area contributed by atoms with Crippen LogP contribution in [0.2, 0.25) is 0 Å². The van der Waals surface area contributed by atoms with E-state index in [0.29, 0.717) is 0 Å². The van der Waals surface area contributed by atoms with Gasteiger partial charge < -0.3 is 5.11 Å². The molecule has 1 unspecified atom stereocenters. The molecule has 1 aromatic rings. The summed E-state index contributed by atoms with van der Waals surface area (Å²) in [5.41, 5.74) is -2.40. The van der Waals surface area contributed by atoms with E-state index in [2.05, 4.69) is 0 Å². The number of aliphatic carboxylic acids is 1. The van der Waals surface area contributed by atoms with Gasteiger partial charge in [-0.05, 0) is 25.5 Å². The molecule has 1 aromatic carbocycles. The number of para-hydroxylation sites is 1. The number of nitro benzene ring substituents is 1. The van der Waals surface area contributed by atoms with Gasteiger partial charge in [-0.15, -0.1) is 0 Å². The fourth-order valence-corrected chi connectivity index (χ4v) is 4.05.